The minimum absolute atomic E-state index is 0.00336. The second-order valence-corrected chi connectivity index (χ2v) is 7.10. The van der Waals surface area contributed by atoms with Crippen molar-refractivity contribution in [3.63, 3.8) is 0 Å². The molecule has 2 rings (SSSR count). The van der Waals surface area contributed by atoms with Gasteiger partial charge >= 0.3 is 0 Å². The predicted octanol–water partition coefficient (Wildman–Crippen LogP) is 4.57. The lowest BCUT2D eigenvalue weighted by Gasteiger charge is -2.23. The first-order valence-corrected chi connectivity index (χ1v) is 8.57. The van der Waals surface area contributed by atoms with Crippen molar-refractivity contribution in [2.75, 3.05) is 20.3 Å². The number of hydrogen-bond donors (Lipinski definition) is 1. The van der Waals surface area contributed by atoms with Gasteiger partial charge in [0.1, 0.15) is 19.0 Å². The SMILES string of the molecule is COc1ccc(C=NO)cc1OCCOc1ccc(C)cc1C(C)(C)C. The van der Waals surface area contributed by atoms with E-state index in [0.29, 0.717) is 24.7 Å². The Morgan fingerprint density at radius 1 is 0.962 bits per heavy atom. The highest BCUT2D eigenvalue weighted by molar-refractivity contribution is 5.80. The van der Waals surface area contributed by atoms with Crippen molar-refractivity contribution in [2.45, 2.75) is 33.1 Å². The molecule has 0 spiro atoms. The summed E-state index contributed by atoms with van der Waals surface area (Å²) in [4.78, 5) is 0. The predicted molar refractivity (Wildman–Crippen MR) is 103 cm³/mol. The molecule has 0 bridgehead atoms. The van der Waals surface area contributed by atoms with Gasteiger partial charge in [-0.15, -0.1) is 0 Å². The number of benzene rings is 2. The van der Waals surface area contributed by atoms with Gasteiger partial charge in [-0.05, 0) is 42.2 Å². The van der Waals surface area contributed by atoms with Gasteiger partial charge in [0.25, 0.3) is 0 Å². The van der Waals surface area contributed by atoms with Crippen LogP contribution in [0.1, 0.15) is 37.5 Å². The maximum atomic E-state index is 8.67. The summed E-state index contributed by atoms with van der Waals surface area (Å²) in [6.07, 6.45) is 1.34. The maximum Gasteiger partial charge on any atom is 0.161 e. The van der Waals surface area contributed by atoms with E-state index in [9.17, 15) is 0 Å². The van der Waals surface area contributed by atoms with Gasteiger partial charge in [-0.3, -0.25) is 0 Å². The number of hydrogen-bond acceptors (Lipinski definition) is 5. The summed E-state index contributed by atoms with van der Waals surface area (Å²) in [5.41, 5.74) is 3.11. The molecule has 0 heterocycles. The fourth-order valence-electron chi connectivity index (χ4n) is 2.61. The number of nitrogens with zero attached hydrogens (tertiary/aromatic N) is 1. The lowest BCUT2D eigenvalue weighted by molar-refractivity contribution is 0.208. The Labute approximate surface area is 155 Å². The van der Waals surface area contributed by atoms with Crippen LogP contribution >= 0.6 is 0 Å². The monoisotopic (exact) mass is 357 g/mol. The van der Waals surface area contributed by atoms with Crippen molar-refractivity contribution in [1.29, 1.82) is 0 Å². The lowest BCUT2D eigenvalue weighted by atomic mass is 9.85. The molecule has 0 amide bonds. The van der Waals surface area contributed by atoms with Crippen LogP contribution in [0.3, 0.4) is 0 Å². The zero-order valence-electron chi connectivity index (χ0n) is 16.1. The zero-order chi connectivity index (χ0) is 19.2. The average molecular weight is 357 g/mol. The molecule has 0 aliphatic heterocycles. The van der Waals surface area contributed by atoms with E-state index in [1.807, 2.05) is 12.1 Å². The summed E-state index contributed by atoms with van der Waals surface area (Å²) in [6, 6.07) is 11.5. The highest BCUT2D eigenvalue weighted by Crippen LogP contribution is 2.32. The third-order valence-corrected chi connectivity index (χ3v) is 3.94. The fourth-order valence-corrected chi connectivity index (χ4v) is 2.61. The van der Waals surface area contributed by atoms with Gasteiger partial charge < -0.3 is 19.4 Å². The quantitative estimate of drug-likeness (QED) is 0.341. The molecule has 26 heavy (non-hydrogen) atoms. The fraction of sp³-hybridized carbons (Fsp3) is 0.381. The summed E-state index contributed by atoms with van der Waals surface area (Å²) < 4.78 is 17.1. The normalized spacial score (nSPS) is 11.6. The number of methoxy groups -OCH3 is 1. The van der Waals surface area contributed by atoms with E-state index in [2.05, 4.69) is 38.9 Å². The summed E-state index contributed by atoms with van der Waals surface area (Å²) in [6.45, 7) is 9.37. The molecule has 0 unspecified atom stereocenters. The van der Waals surface area contributed by atoms with Crippen LogP contribution in [0.15, 0.2) is 41.6 Å². The third-order valence-electron chi connectivity index (χ3n) is 3.94. The van der Waals surface area contributed by atoms with Crippen molar-refractivity contribution < 1.29 is 19.4 Å². The molecule has 0 atom stereocenters. The van der Waals surface area contributed by atoms with E-state index in [4.69, 9.17) is 19.4 Å². The van der Waals surface area contributed by atoms with E-state index < -0.39 is 0 Å². The van der Waals surface area contributed by atoms with Crippen LogP contribution in [0.4, 0.5) is 0 Å². The van der Waals surface area contributed by atoms with E-state index in [0.717, 1.165) is 11.3 Å². The smallest absolute Gasteiger partial charge is 0.161 e. The molecule has 1 N–H and O–H groups in total. The largest absolute Gasteiger partial charge is 0.493 e. The molecule has 0 aromatic heterocycles. The van der Waals surface area contributed by atoms with Crippen molar-refractivity contribution in [3.8, 4) is 17.2 Å². The summed E-state index contributed by atoms with van der Waals surface area (Å²) >= 11 is 0. The first-order valence-electron chi connectivity index (χ1n) is 8.57. The third kappa shape index (κ3) is 5.15. The molecule has 5 heteroatoms. The topological polar surface area (TPSA) is 60.3 Å². The molecule has 0 saturated heterocycles. The van der Waals surface area contributed by atoms with Crippen LogP contribution < -0.4 is 14.2 Å². The maximum absolute atomic E-state index is 8.67. The van der Waals surface area contributed by atoms with Gasteiger partial charge in [0.2, 0.25) is 0 Å². The molecule has 0 fully saturated rings. The first kappa shape index (κ1) is 19.6. The molecular formula is C21H27NO4. The lowest BCUT2D eigenvalue weighted by Crippen LogP contribution is -2.16. The van der Waals surface area contributed by atoms with Gasteiger partial charge in [-0.1, -0.05) is 43.6 Å². The van der Waals surface area contributed by atoms with E-state index in [1.54, 1.807) is 25.3 Å². The second-order valence-electron chi connectivity index (χ2n) is 7.10. The number of oxime groups is 1. The van der Waals surface area contributed by atoms with Gasteiger partial charge in [0.15, 0.2) is 11.5 Å². The van der Waals surface area contributed by atoms with Gasteiger partial charge in [-0.2, -0.15) is 0 Å². The molecule has 140 valence electrons. The number of rotatable bonds is 7. The Morgan fingerprint density at radius 3 is 2.23 bits per heavy atom. The second kappa shape index (κ2) is 8.61. The van der Waals surface area contributed by atoms with Crippen molar-refractivity contribution in [1.82, 2.24) is 0 Å². The Morgan fingerprint density at radius 2 is 1.62 bits per heavy atom. The summed E-state index contributed by atoms with van der Waals surface area (Å²) in [5.74, 6) is 2.07. The molecule has 0 radical (unpaired) electrons. The number of ether oxygens (including phenoxy) is 3. The van der Waals surface area contributed by atoms with Crippen LogP contribution in [-0.4, -0.2) is 31.7 Å². The Kier molecular flexibility index (Phi) is 6.50. The van der Waals surface area contributed by atoms with Crippen LogP contribution in [0.2, 0.25) is 0 Å². The molecule has 0 aliphatic rings. The van der Waals surface area contributed by atoms with Crippen molar-refractivity contribution in [2.24, 2.45) is 5.16 Å². The molecular weight excluding hydrogens is 330 g/mol. The first-order chi connectivity index (χ1) is 12.3. The minimum atomic E-state index is 0.00336. The van der Waals surface area contributed by atoms with Gasteiger partial charge in [-0.25, -0.2) is 0 Å². The number of aryl methyl sites for hydroxylation is 1. The van der Waals surface area contributed by atoms with Crippen LogP contribution in [0.5, 0.6) is 17.2 Å². The highest BCUT2D eigenvalue weighted by Gasteiger charge is 2.19. The van der Waals surface area contributed by atoms with Crippen molar-refractivity contribution >= 4 is 6.21 Å². The van der Waals surface area contributed by atoms with Gasteiger partial charge in [0, 0.05) is 5.56 Å². The molecule has 2 aromatic rings. The highest BCUT2D eigenvalue weighted by atomic mass is 16.5. The Bertz CT molecular complexity index is 763. The summed E-state index contributed by atoms with van der Waals surface area (Å²) in [7, 11) is 1.58. The van der Waals surface area contributed by atoms with Crippen LogP contribution in [-0.2, 0) is 5.41 Å². The average Bonchev–Trinajstić information content (AvgIpc) is 2.59. The van der Waals surface area contributed by atoms with Crippen LogP contribution in [0.25, 0.3) is 0 Å². The minimum Gasteiger partial charge on any atom is -0.493 e. The van der Waals surface area contributed by atoms with Crippen molar-refractivity contribution in [3.05, 3.63) is 53.1 Å². The Balaban J connectivity index is 2.03. The Hall–Kier alpha value is -2.69. The van der Waals surface area contributed by atoms with Crippen LogP contribution in [0, 0.1) is 6.92 Å². The van der Waals surface area contributed by atoms with Gasteiger partial charge in [0.05, 0.1) is 13.3 Å². The summed E-state index contributed by atoms with van der Waals surface area (Å²) in [5, 5.41) is 11.7. The molecule has 2 aromatic carbocycles. The van der Waals surface area contributed by atoms with E-state index >= 15 is 0 Å². The zero-order valence-corrected chi connectivity index (χ0v) is 16.1. The van der Waals surface area contributed by atoms with E-state index in [-0.39, 0.29) is 5.41 Å². The molecule has 0 saturated carbocycles. The van der Waals surface area contributed by atoms with E-state index in [1.165, 1.54) is 17.3 Å². The molecule has 0 aliphatic carbocycles. The standard InChI is InChI=1S/C21H27NO4/c1-15-6-8-18(17(12-15)21(2,3)4)25-10-11-26-20-13-16(14-22-23)7-9-19(20)24-5/h6-9,12-14,23H,10-11H2,1-5H3. The molecule has 5 nitrogen and oxygen atoms in total.